The Morgan fingerprint density at radius 3 is 2.71 bits per heavy atom. The summed E-state index contributed by atoms with van der Waals surface area (Å²) in [5.74, 6) is 3.15. The lowest BCUT2D eigenvalue weighted by Gasteiger charge is -2.30. The van der Waals surface area contributed by atoms with Crippen LogP contribution >= 0.6 is 11.8 Å². The monoisotopic (exact) mass is 345 g/mol. The number of carbonyl (C=O) groups excluding carboxylic acids is 1. The third kappa shape index (κ3) is 4.38. The molecule has 24 heavy (non-hydrogen) atoms. The second-order valence-electron chi connectivity index (χ2n) is 6.43. The molecule has 0 aliphatic carbocycles. The van der Waals surface area contributed by atoms with Crippen molar-refractivity contribution in [3.63, 3.8) is 0 Å². The van der Waals surface area contributed by atoms with Crippen molar-refractivity contribution in [2.45, 2.75) is 32.4 Å². The van der Waals surface area contributed by atoms with Gasteiger partial charge in [-0.15, -0.1) is 11.8 Å². The van der Waals surface area contributed by atoms with Gasteiger partial charge >= 0.3 is 0 Å². The fraction of sp³-hybridized carbons (Fsp3) is 0.500. The quantitative estimate of drug-likeness (QED) is 0.829. The number of rotatable bonds is 5. The molecule has 0 bridgehead atoms. The molecular weight excluding hydrogens is 322 g/mol. The third-order valence-electron chi connectivity index (χ3n) is 4.37. The average molecular weight is 345 g/mol. The summed E-state index contributed by atoms with van der Waals surface area (Å²) >= 11 is 1.53. The molecule has 1 amide bonds. The summed E-state index contributed by atoms with van der Waals surface area (Å²) in [5.41, 5.74) is 2.14. The highest BCUT2D eigenvalue weighted by Gasteiger charge is 2.20. The molecule has 0 radical (unpaired) electrons. The third-order valence-corrected chi connectivity index (χ3v) is 5.27. The number of aryl methyl sites for hydroxylation is 1. The van der Waals surface area contributed by atoms with E-state index in [1.807, 2.05) is 36.1 Å². The Morgan fingerprint density at radius 2 is 2.00 bits per heavy atom. The minimum atomic E-state index is 0.213. The number of nitrogens with zero attached hydrogens (tertiary/aromatic N) is 3. The van der Waals surface area contributed by atoms with Crippen LogP contribution in [0.5, 0.6) is 0 Å². The van der Waals surface area contributed by atoms with Gasteiger partial charge in [0.05, 0.1) is 11.5 Å². The van der Waals surface area contributed by atoms with E-state index >= 15 is 0 Å². The maximum atomic E-state index is 12.2. The summed E-state index contributed by atoms with van der Waals surface area (Å²) in [6.45, 7) is 6.07. The second kappa shape index (κ2) is 7.83. The number of thioether (sulfide) groups is 1. The van der Waals surface area contributed by atoms with Gasteiger partial charge < -0.3 is 9.42 Å². The van der Waals surface area contributed by atoms with Gasteiger partial charge in [-0.2, -0.15) is 4.98 Å². The number of aromatic nitrogens is 2. The van der Waals surface area contributed by atoms with E-state index in [1.54, 1.807) is 0 Å². The first-order valence-corrected chi connectivity index (χ1v) is 9.52. The van der Waals surface area contributed by atoms with Gasteiger partial charge in [0, 0.05) is 18.7 Å². The van der Waals surface area contributed by atoms with Crippen LogP contribution in [0.3, 0.4) is 0 Å². The Kier molecular flexibility index (Phi) is 5.56. The molecule has 1 aromatic heterocycles. The first kappa shape index (κ1) is 17.0. The van der Waals surface area contributed by atoms with Crippen molar-refractivity contribution in [3.8, 4) is 11.4 Å². The zero-order valence-corrected chi connectivity index (χ0v) is 15.0. The van der Waals surface area contributed by atoms with E-state index in [2.05, 4.69) is 17.1 Å². The van der Waals surface area contributed by atoms with Gasteiger partial charge in [0.15, 0.2) is 0 Å². The lowest BCUT2D eigenvalue weighted by molar-refractivity contribution is -0.129. The molecule has 0 atom stereocenters. The lowest BCUT2D eigenvalue weighted by Crippen LogP contribution is -2.38. The average Bonchev–Trinajstić information content (AvgIpc) is 3.05. The molecule has 1 aliphatic rings. The molecule has 1 fully saturated rings. The summed E-state index contributed by atoms with van der Waals surface area (Å²) in [4.78, 5) is 18.6. The molecule has 0 unspecified atom stereocenters. The molecule has 0 spiro atoms. The van der Waals surface area contributed by atoms with E-state index in [0.29, 0.717) is 23.2 Å². The maximum absolute atomic E-state index is 12.2. The van der Waals surface area contributed by atoms with Crippen LogP contribution in [0.25, 0.3) is 11.4 Å². The number of hydrogen-bond donors (Lipinski definition) is 0. The number of carbonyl (C=O) groups is 1. The van der Waals surface area contributed by atoms with Crippen LogP contribution in [-0.4, -0.2) is 39.8 Å². The van der Waals surface area contributed by atoms with Crippen LogP contribution in [0.1, 0.15) is 31.2 Å². The fourth-order valence-electron chi connectivity index (χ4n) is 2.71. The standard InChI is InChI=1S/C18H23N3O2S/c1-13-3-5-15(6-4-13)18-19-16(23-20-18)11-24-12-17(22)21-9-7-14(2)8-10-21/h3-6,14H,7-12H2,1-2H3. The van der Waals surface area contributed by atoms with Crippen LogP contribution < -0.4 is 0 Å². The van der Waals surface area contributed by atoms with Crippen LogP contribution in [-0.2, 0) is 10.5 Å². The van der Waals surface area contributed by atoms with E-state index < -0.39 is 0 Å². The number of benzene rings is 1. The molecule has 3 rings (SSSR count). The van der Waals surface area contributed by atoms with Crippen LogP contribution in [0.2, 0.25) is 0 Å². The van der Waals surface area contributed by atoms with Gasteiger partial charge in [-0.3, -0.25) is 4.79 Å². The van der Waals surface area contributed by atoms with Crippen LogP contribution in [0.15, 0.2) is 28.8 Å². The molecule has 6 heteroatoms. The Hall–Kier alpha value is -1.82. The number of likely N-dealkylation sites (tertiary alicyclic amines) is 1. The molecular formula is C18H23N3O2S. The summed E-state index contributed by atoms with van der Waals surface area (Å²) < 4.78 is 5.28. The van der Waals surface area contributed by atoms with Crippen molar-refractivity contribution in [2.75, 3.05) is 18.8 Å². The lowest BCUT2D eigenvalue weighted by atomic mass is 9.99. The summed E-state index contributed by atoms with van der Waals surface area (Å²) in [6.07, 6.45) is 2.22. The molecule has 1 aromatic carbocycles. The Labute approximate surface area is 146 Å². The molecule has 0 N–H and O–H groups in total. The largest absolute Gasteiger partial charge is 0.342 e. The molecule has 5 nitrogen and oxygen atoms in total. The zero-order chi connectivity index (χ0) is 16.9. The van der Waals surface area contributed by atoms with E-state index in [9.17, 15) is 4.79 Å². The molecule has 2 heterocycles. The van der Waals surface area contributed by atoms with Crippen molar-refractivity contribution >= 4 is 17.7 Å². The highest BCUT2D eigenvalue weighted by atomic mass is 32.2. The molecule has 1 saturated heterocycles. The zero-order valence-electron chi connectivity index (χ0n) is 14.2. The first-order valence-electron chi connectivity index (χ1n) is 8.37. The van der Waals surface area contributed by atoms with Gasteiger partial charge in [0.25, 0.3) is 0 Å². The predicted octanol–water partition coefficient (Wildman–Crippen LogP) is 3.54. The SMILES string of the molecule is Cc1ccc(-c2noc(CSCC(=O)N3CCC(C)CC3)n2)cc1. The maximum Gasteiger partial charge on any atom is 0.236 e. The molecule has 2 aromatic rings. The summed E-state index contributed by atoms with van der Waals surface area (Å²) in [6, 6.07) is 8.02. The van der Waals surface area contributed by atoms with E-state index in [1.165, 1.54) is 17.3 Å². The smallest absolute Gasteiger partial charge is 0.236 e. The molecule has 128 valence electrons. The highest BCUT2D eigenvalue weighted by molar-refractivity contribution is 7.99. The van der Waals surface area contributed by atoms with Gasteiger partial charge in [-0.25, -0.2) is 0 Å². The van der Waals surface area contributed by atoms with E-state index in [4.69, 9.17) is 4.52 Å². The van der Waals surface area contributed by atoms with Gasteiger partial charge in [0.1, 0.15) is 0 Å². The van der Waals surface area contributed by atoms with Gasteiger partial charge in [-0.1, -0.05) is 41.9 Å². The summed E-state index contributed by atoms with van der Waals surface area (Å²) in [7, 11) is 0. The number of amides is 1. The number of piperidine rings is 1. The Bertz CT molecular complexity index is 676. The number of hydrogen-bond acceptors (Lipinski definition) is 5. The highest BCUT2D eigenvalue weighted by Crippen LogP contribution is 2.20. The second-order valence-corrected chi connectivity index (χ2v) is 7.42. The normalized spacial score (nSPS) is 15.7. The molecule has 0 saturated carbocycles. The Morgan fingerprint density at radius 1 is 1.29 bits per heavy atom. The minimum absolute atomic E-state index is 0.213. The molecule has 1 aliphatic heterocycles. The van der Waals surface area contributed by atoms with E-state index in [-0.39, 0.29) is 5.91 Å². The van der Waals surface area contributed by atoms with Gasteiger partial charge in [-0.05, 0) is 25.7 Å². The van der Waals surface area contributed by atoms with Crippen molar-refractivity contribution < 1.29 is 9.32 Å². The van der Waals surface area contributed by atoms with Crippen LogP contribution in [0.4, 0.5) is 0 Å². The fourth-order valence-corrected chi connectivity index (χ4v) is 3.46. The van der Waals surface area contributed by atoms with Crippen molar-refractivity contribution in [2.24, 2.45) is 5.92 Å². The minimum Gasteiger partial charge on any atom is -0.342 e. The van der Waals surface area contributed by atoms with Crippen molar-refractivity contribution in [1.82, 2.24) is 15.0 Å². The van der Waals surface area contributed by atoms with Gasteiger partial charge in [0.2, 0.25) is 17.6 Å². The van der Waals surface area contributed by atoms with E-state index in [0.717, 1.165) is 37.4 Å². The topological polar surface area (TPSA) is 59.2 Å². The summed E-state index contributed by atoms with van der Waals surface area (Å²) in [5, 5.41) is 4.02. The Balaban J connectivity index is 1.47. The van der Waals surface area contributed by atoms with Crippen molar-refractivity contribution in [1.29, 1.82) is 0 Å². The first-order chi connectivity index (χ1) is 11.6. The van der Waals surface area contributed by atoms with Crippen LogP contribution in [0, 0.1) is 12.8 Å². The van der Waals surface area contributed by atoms with Crippen molar-refractivity contribution in [3.05, 3.63) is 35.7 Å². The predicted molar refractivity (Wildman–Crippen MR) is 95.6 cm³/mol.